The van der Waals surface area contributed by atoms with Gasteiger partial charge in [0.2, 0.25) is 5.91 Å². The minimum absolute atomic E-state index is 0.0242. The van der Waals surface area contributed by atoms with E-state index in [9.17, 15) is 14.4 Å². The summed E-state index contributed by atoms with van der Waals surface area (Å²) in [6.45, 7) is 2.03. The van der Waals surface area contributed by atoms with Gasteiger partial charge in [0.1, 0.15) is 5.78 Å². The number of carboxylic acids is 1. The van der Waals surface area contributed by atoms with E-state index in [0.717, 1.165) is 11.3 Å². The molecule has 1 atom stereocenters. The van der Waals surface area contributed by atoms with Crippen molar-refractivity contribution in [3.63, 3.8) is 0 Å². The van der Waals surface area contributed by atoms with E-state index in [2.05, 4.69) is 5.10 Å². The van der Waals surface area contributed by atoms with Crippen molar-refractivity contribution < 1.29 is 19.5 Å². The molecule has 0 saturated heterocycles. The summed E-state index contributed by atoms with van der Waals surface area (Å²) in [4.78, 5) is 35.0. The number of Topliss-reactive ketones (excluding diaryl/α,β-unsaturated/α-hetero) is 1. The molecule has 1 unspecified atom stereocenters. The molecule has 134 valence electrons. The first kappa shape index (κ1) is 19.1. The van der Waals surface area contributed by atoms with Crippen LogP contribution in [0.2, 0.25) is 5.02 Å². The summed E-state index contributed by atoms with van der Waals surface area (Å²) in [7, 11) is 0. The number of carboxylic acid groups (broad SMARTS) is 1. The molecule has 6 nitrogen and oxygen atoms in total. The fraction of sp³-hybridized carbons (Fsp3) is 0.444. The quantitative estimate of drug-likeness (QED) is 0.767. The van der Waals surface area contributed by atoms with Gasteiger partial charge in [-0.15, -0.1) is 0 Å². The SMILES string of the molecule is CCC(CN1N=C(c2ccc(Cl)cc2)CCC1=O)C(=O)CCC(=O)O. The van der Waals surface area contributed by atoms with Crippen molar-refractivity contribution >= 4 is 35.0 Å². The van der Waals surface area contributed by atoms with Crippen molar-refractivity contribution in [2.75, 3.05) is 6.54 Å². The Labute approximate surface area is 151 Å². The Balaban J connectivity index is 2.10. The fourth-order valence-electron chi connectivity index (χ4n) is 2.69. The minimum atomic E-state index is -1.000. The third-order valence-corrected chi connectivity index (χ3v) is 4.46. The van der Waals surface area contributed by atoms with Gasteiger partial charge < -0.3 is 5.11 Å². The van der Waals surface area contributed by atoms with Crippen molar-refractivity contribution in [3.05, 3.63) is 34.9 Å². The van der Waals surface area contributed by atoms with E-state index in [1.807, 2.05) is 19.1 Å². The zero-order valence-electron chi connectivity index (χ0n) is 14.1. The van der Waals surface area contributed by atoms with Crippen LogP contribution in [0.15, 0.2) is 29.4 Å². The zero-order chi connectivity index (χ0) is 18.4. The summed E-state index contributed by atoms with van der Waals surface area (Å²) >= 11 is 5.89. The first-order chi connectivity index (χ1) is 11.9. The predicted molar refractivity (Wildman–Crippen MR) is 94.6 cm³/mol. The van der Waals surface area contributed by atoms with Crippen LogP contribution in [0.5, 0.6) is 0 Å². The molecule has 1 amide bonds. The van der Waals surface area contributed by atoms with Crippen LogP contribution < -0.4 is 0 Å². The molecule has 0 bridgehead atoms. The number of hydrogen-bond donors (Lipinski definition) is 1. The molecule has 0 aromatic heterocycles. The van der Waals surface area contributed by atoms with Crippen LogP contribution in [-0.2, 0) is 14.4 Å². The van der Waals surface area contributed by atoms with Gasteiger partial charge in [-0.3, -0.25) is 14.4 Å². The Hall–Kier alpha value is -2.21. The second-order valence-corrected chi connectivity index (χ2v) is 6.43. The van der Waals surface area contributed by atoms with Gasteiger partial charge in [0.05, 0.1) is 18.7 Å². The van der Waals surface area contributed by atoms with E-state index in [1.165, 1.54) is 5.01 Å². The third-order valence-electron chi connectivity index (χ3n) is 4.21. The van der Waals surface area contributed by atoms with Crippen molar-refractivity contribution in [1.82, 2.24) is 5.01 Å². The largest absolute Gasteiger partial charge is 0.481 e. The predicted octanol–water partition coefficient (Wildman–Crippen LogP) is 3.13. The number of benzene rings is 1. The number of aliphatic carboxylic acids is 1. The molecule has 7 heteroatoms. The highest BCUT2D eigenvalue weighted by Gasteiger charge is 2.26. The lowest BCUT2D eigenvalue weighted by Crippen LogP contribution is -2.37. The number of ketones is 1. The standard InChI is InChI=1S/C18H21ClN2O4/c1-2-12(16(22)8-10-18(24)25)11-21-17(23)9-7-15(20-21)13-3-5-14(19)6-4-13/h3-6,12H,2,7-11H2,1H3,(H,24,25). The minimum Gasteiger partial charge on any atom is -0.481 e. The second kappa shape index (κ2) is 8.76. The van der Waals surface area contributed by atoms with E-state index < -0.39 is 11.9 Å². The van der Waals surface area contributed by atoms with E-state index in [0.29, 0.717) is 24.3 Å². The van der Waals surface area contributed by atoms with Crippen LogP contribution >= 0.6 is 11.6 Å². The van der Waals surface area contributed by atoms with E-state index in [4.69, 9.17) is 16.7 Å². The summed E-state index contributed by atoms with van der Waals surface area (Å²) < 4.78 is 0. The summed E-state index contributed by atoms with van der Waals surface area (Å²) in [6.07, 6.45) is 1.20. The van der Waals surface area contributed by atoms with Crippen LogP contribution in [0, 0.1) is 5.92 Å². The summed E-state index contributed by atoms with van der Waals surface area (Å²) in [6, 6.07) is 7.24. The van der Waals surface area contributed by atoms with Gasteiger partial charge in [-0.2, -0.15) is 5.10 Å². The van der Waals surface area contributed by atoms with Gasteiger partial charge in [-0.1, -0.05) is 30.7 Å². The smallest absolute Gasteiger partial charge is 0.303 e. The Morgan fingerprint density at radius 2 is 1.92 bits per heavy atom. The Morgan fingerprint density at radius 1 is 1.24 bits per heavy atom. The summed E-state index contributed by atoms with van der Waals surface area (Å²) in [5.74, 6) is -1.68. The highest BCUT2D eigenvalue weighted by atomic mass is 35.5. The van der Waals surface area contributed by atoms with Crippen LogP contribution in [0.25, 0.3) is 0 Å². The lowest BCUT2D eigenvalue weighted by Gasteiger charge is -2.26. The molecule has 0 spiro atoms. The average Bonchev–Trinajstić information content (AvgIpc) is 2.59. The van der Waals surface area contributed by atoms with Gasteiger partial charge in [0.15, 0.2) is 0 Å². The second-order valence-electron chi connectivity index (χ2n) is 5.99. The summed E-state index contributed by atoms with van der Waals surface area (Å²) in [5.41, 5.74) is 1.68. The number of amides is 1. The Morgan fingerprint density at radius 3 is 2.52 bits per heavy atom. The normalized spacial score (nSPS) is 15.7. The topological polar surface area (TPSA) is 87.0 Å². The lowest BCUT2D eigenvalue weighted by atomic mass is 9.96. The number of carbonyl (C=O) groups is 3. The Bertz CT molecular complexity index is 685. The Kier molecular flexibility index (Phi) is 6.70. The van der Waals surface area contributed by atoms with Gasteiger partial charge in [-0.05, 0) is 24.1 Å². The fourth-order valence-corrected chi connectivity index (χ4v) is 2.82. The summed E-state index contributed by atoms with van der Waals surface area (Å²) in [5, 5.41) is 15.1. The molecule has 1 aliphatic heterocycles. The lowest BCUT2D eigenvalue weighted by molar-refractivity contribution is -0.140. The van der Waals surface area contributed by atoms with Gasteiger partial charge in [0, 0.05) is 30.2 Å². The highest BCUT2D eigenvalue weighted by molar-refractivity contribution is 6.30. The van der Waals surface area contributed by atoms with Crippen LogP contribution in [0.1, 0.15) is 44.6 Å². The number of nitrogens with zero attached hydrogens (tertiary/aromatic N) is 2. The number of carbonyl (C=O) groups excluding carboxylic acids is 2. The van der Waals surface area contributed by atoms with Crippen LogP contribution in [0.3, 0.4) is 0 Å². The molecular weight excluding hydrogens is 344 g/mol. The maximum absolute atomic E-state index is 12.2. The molecule has 1 aromatic carbocycles. The number of hydrogen-bond acceptors (Lipinski definition) is 4. The first-order valence-corrected chi connectivity index (χ1v) is 8.66. The number of rotatable bonds is 8. The first-order valence-electron chi connectivity index (χ1n) is 8.29. The molecule has 1 N–H and O–H groups in total. The molecule has 0 aliphatic carbocycles. The molecule has 25 heavy (non-hydrogen) atoms. The van der Waals surface area contributed by atoms with Gasteiger partial charge >= 0.3 is 5.97 Å². The maximum atomic E-state index is 12.2. The van der Waals surface area contributed by atoms with E-state index in [-0.39, 0.29) is 31.1 Å². The van der Waals surface area contributed by atoms with Crippen molar-refractivity contribution in [1.29, 1.82) is 0 Å². The number of hydrazone groups is 1. The molecule has 0 fully saturated rings. The van der Waals surface area contributed by atoms with Gasteiger partial charge in [0.25, 0.3) is 0 Å². The molecule has 0 radical (unpaired) electrons. The van der Waals surface area contributed by atoms with Gasteiger partial charge in [-0.25, -0.2) is 5.01 Å². The molecular formula is C18H21ClN2O4. The third kappa shape index (κ3) is 5.39. The van der Waals surface area contributed by atoms with E-state index >= 15 is 0 Å². The number of halogens is 1. The zero-order valence-corrected chi connectivity index (χ0v) is 14.8. The maximum Gasteiger partial charge on any atom is 0.303 e. The van der Waals surface area contributed by atoms with Crippen molar-refractivity contribution in [2.45, 2.75) is 39.0 Å². The molecule has 2 rings (SSSR count). The van der Waals surface area contributed by atoms with Crippen LogP contribution in [0.4, 0.5) is 0 Å². The molecule has 0 saturated carbocycles. The van der Waals surface area contributed by atoms with Crippen LogP contribution in [-0.4, -0.2) is 40.0 Å². The molecule has 1 aliphatic rings. The van der Waals surface area contributed by atoms with Crippen molar-refractivity contribution in [3.8, 4) is 0 Å². The molecule has 1 aromatic rings. The van der Waals surface area contributed by atoms with Crippen molar-refractivity contribution in [2.24, 2.45) is 11.0 Å². The monoisotopic (exact) mass is 364 g/mol. The molecule has 1 heterocycles. The van der Waals surface area contributed by atoms with E-state index in [1.54, 1.807) is 12.1 Å². The highest BCUT2D eigenvalue weighted by Crippen LogP contribution is 2.20. The average molecular weight is 365 g/mol.